The zero-order valence-corrected chi connectivity index (χ0v) is 13.8. The fourth-order valence-corrected chi connectivity index (χ4v) is 2.53. The molecule has 0 saturated carbocycles. The molecule has 0 fully saturated rings. The van der Waals surface area contributed by atoms with Gasteiger partial charge in [-0.25, -0.2) is 0 Å². The first-order valence-corrected chi connectivity index (χ1v) is 7.73. The van der Waals surface area contributed by atoms with E-state index in [1.54, 1.807) is 25.3 Å². The number of aliphatic carboxylic acids is 1. The molecule has 0 aliphatic rings. The molecule has 2 aromatic carbocycles. The Kier molecular flexibility index (Phi) is 5.95. The lowest BCUT2D eigenvalue weighted by atomic mass is 10.0. The minimum Gasteiger partial charge on any atom is -0.497 e. The third-order valence-electron chi connectivity index (χ3n) is 3.83. The minimum absolute atomic E-state index is 0.0125. The number of methoxy groups -OCH3 is 1. The Hall–Kier alpha value is -2.82. The van der Waals surface area contributed by atoms with E-state index in [2.05, 4.69) is 5.32 Å². The first-order chi connectivity index (χ1) is 11.5. The molecule has 24 heavy (non-hydrogen) atoms. The second kappa shape index (κ2) is 8.15. The van der Waals surface area contributed by atoms with E-state index in [0.717, 1.165) is 11.1 Å². The molecular formula is C19H21NO4. The van der Waals surface area contributed by atoms with Crippen molar-refractivity contribution in [3.63, 3.8) is 0 Å². The maximum Gasteiger partial charge on any atom is 0.303 e. The summed E-state index contributed by atoms with van der Waals surface area (Å²) in [5.41, 5.74) is 2.24. The van der Waals surface area contributed by atoms with Gasteiger partial charge in [0.25, 0.3) is 5.91 Å². The molecule has 5 heteroatoms. The number of carbonyl (C=O) groups excluding carboxylic acids is 1. The molecule has 2 rings (SSSR count). The van der Waals surface area contributed by atoms with Crippen LogP contribution in [0.4, 0.5) is 0 Å². The van der Waals surface area contributed by atoms with Gasteiger partial charge in [0.1, 0.15) is 5.75 Å². The van der Waals surface area contributed by atoms with Crippen LogP contribution >= 0.6 is 0 Å². The van der Waals surface area contributed by atoms with Crippen molar-refractivity contribution in [1.82, 2.24) is 5.32 Å². The molecule has 2 N–H and O–H groups in total. The molecule has 0 spiro atoms. The molecule has 1 atom stereocenters. The largest absolute Gasteiger partial charge is 0.497 e. The highest BCUT2D eigenvalue weighted by Crippen LogP contribution is 2.21. The normalized spacial score (nSPS) is 11.6. The van der Waals surface area contributed by atoms with Crippen molar-refractivity contribution < 1.29 is 19.4 Å². The van der Waals surface area contributed by atoms with Gasteiger partial charge in [-0.15, -0.1) is 0 Å². The molecule has 0 bridgehead atoms. The van der Waals surface area contributed by atoms with Crippen LogP contribution in [0.2, 0.25) is 0 Å². The summed E-state index contributed by atoms with van der Waals surface area (Å²) in [4.78, 5) is 23.5. The molecule has 1 amide bonds. The van der Waals surface area contributed by atoms with Gasteiger partial charge in [0.15, 0.2) is 0 Å². The van der Waals surface area contributed by atoms with Crippen molar-refractivity contribution in [2.45, 2.75) is 25.8 Å². The van der Waals surface area contributed by atoms with Crippen molar-refractivity contribution in [2.75, 3.05) is 7.11 Å². The molecule has 0 aliphatic heterocycles. The molecule has 2 aromatic rings. The maximum atomic E-state index is 12.6. The van der Waals surface area contributed by atoms with Gasteiger partial charge in [-0.3, -0.25) is 9.59 Å². The van der Waals surface area contributed by atoms with Crippen LogP contribution in [0.15, 0.2) is 48.5 Å². The number of aryl methyl sites for hydroxylation is 1. The Morgan fingerprint density at radius 2 is 1.88 bits per heavy atom. The smallest absolute Gasteiger partial charge is 0.303 e. The van der Waals surface area contributed by atoms with E-state index >= 15 is 0 Å². The summed E-state index contributed by atoms with van der Waals surface area (Å²) in [5.74, 6) is -0.422. The van der Waals surface area contributed by atoms with Gasteiger partial charge in [-0.2, -0.15) is 0 Å². The number of carboxylic acid groups (broad SMARTS) is 1. The van der Waals surface area contributed by atoms with Crippen molar-refractivity contribution >= 4 is 11.9 Å². The highest BCUT2D eigenvalue weighted by Gasteiger charge is 2.18. The van der Waals surface area contributed by atoms with E-state index in [9.17, 15) is 9.59 Å². The van der Waals surface area contributed by atoms with Gasteiger partial charge in [-0.1, -0.05) is 30.3 Å². The fourth-order valence-electron chi connectivity index (χ4n) is 2.53. The fraction of sp³-hybridized carbons (Fsp3) is 0.263. The van der Waals surface area contributed by atoms with Crippen LogP contribution in [-0.2, 0) is 4.79 Å². The number of benzene rings is 2. The topological polar surface area (TPSA) is 75.6 Å². The lowest BCUT2D eigenvalue weighted by molar-refractivity contribution is -0.137. The highest BCUT2D eigenvalue weighted by molar-refractivity contribution is 5.96. The Morgan fingerprint density at radius 3 is 2.46 bits per heavy atom. The van der Waals surface area contributed by atoms with Gasteiger partial charge in [0.05, 0.1) is 13.2 Å². The summed E-state index contributed by atoms with van der Waals surface area (Å²) >= 11 is 0. The van der Waals surface area contributed by atoms with E-state index in [4.69, 9.17) is 9.84 Å². The third-order valence-corrected chi connectivity index (χ3v) is 3.83. The predicted molar refractivity (Wildman–Crippen MR) is 91.3 cm³/mol. The molecule has 0 saturated heterocycles. The number of nitrogens with one attached hydrogen (secondary N) is 1. The molecule has 126 valence electrons. The number of amides is 1. The lowest BCUT2D eigenvalue weighted by Gasteiger charge is -2.19. The van der Waals surface area contributed by atoms with E-state index in [1.807, 2.05) is 37.3 Å². The first kappa shape index (κ1) is 17.5. The van der Waals surface area contributed by atoms with Gasteiger partial charge in [0.2, 0.25) is 0 Å². The molecule has 0 heterocycles. The molecule has 1 unspecified atom stereocenters. The molecule has 0 aromatic heterocycles. The molecule has 0 radical (unpaired) electrons. The number of carboxylic acids is 1. The quantitative estimate of drug-likeness (QED) is 0.818. The van der Waals surface area contributed by atoms with E-state index in [-0.39, 0.29) is 18.4 Å². The van der Waals surface area contributed by atoms with Crippen molar-refractivity contribution in [1.29, 1.82) is 0 Å². The number of rotatable bonds is 7. The number of hydrogen-bond donors (Lipinski definition) is 2. The van der Waals surface area contributed by atoms with Crippen molar-refractivity contribution in [3.05, 3.63) is 65.2 Å². The average molecular weight is 327 g/mol. The Balaban J connectivity index is 2.19. The van der Waals surface area contributed by atoms with Crippen LogP contribution in [0.5, 0.6) is 5.75 Å². The maximum absolute atomic E-state index is 12.6. The third kappa shape index (κ3) is 4.59. The number of ether oxygens (including phenoxy) is 1. The summed E-state index contributed by atoms with van der Waals surface area (Å²) in [6.45, 7) is 1.84. The predicted octanol–water partition coefficient (Wildman–Crippen LogP) is 3.34. The van der Waals surface area contributed by atoms with Crippen LogP contribution in [0.1, 0.15) is 40.4 Å². The van der Waals surface area contributed by atoms with Crippen molar-refractivity contribution in [2.24, 2.45) is 0 Å². The Morgan fingerprint density at radius 1 is 1.17 bits per heavy atom. The average Bonchev–Trinajstić information content (AvgIpc) is 2.58. The lowest BCUT2D eigenvalue weighted by Crippen LogP contribution is -2.29. The second-order valence-corrected chi connectivity index (χ2v) is 5.55. The minimum atomic E-state index is -0.884. The van der Waals surface area contributed by atoms with Crippen LogP contribution < -0.4 is 10.1 Å². The summed E-state index contributed by atoms with van der Waals surface area (Å²) in [5, 5.41) is 11.9. The van der Waals surface area contributed by atoms with Gasteiger partial charge in [-0.05, 0) is 42.7 Å². The number of carbonyl (C=O) groups is 2. The van der Waals surface area contributed by atoms with Crippen LogP contribution in [0.25, 0.3) is 0 Å². The van der Waals surface area contributed by atoms with Crippen molar-refractivity contribution in [3.8, 4) is 5.75 Å². The molecular weight excluding hydrogens is 306 g/mol. The van der Waals surface area contributed by atoms with E-state index in [1.165, 1.54) is 0 Å². The summed E-state index contributed by atoms with van der Waals surface area (Å²) in [6.07, 6.45) is 0.321. The SMILES string of the molecule is COc1ccc(C(=O)NC(CCC(=O)O)c2ccccc2)c(C)c1. The van der Waals surface area contributed by atoms with E-state index < -0.39 is 5.97 Å². The van der Waals surface area contributed by atoms with Crippen LogP contribution in [0, 0.1) is 6.92 Å². The molecule has 0 aliphatic carbocycles. The Bertz CT molecular complexity index is 713. The summed E-state index contributed by atoms with van der Waals surface area (Å²) in [7, 11) is 1.58. The zero-order chi connectivity index (χ0) is 17.5. The standard InChI is InChI=1S/C19H21NO4/c1-13-12-15(24-2)8-9-16(13)19(23)20-17(10-11-18(21)22)14-6-4-3-5-7-14/h3-9,12,17H,10-11H2,1-2H3,(H,20,23)(H,21,22). The first-order valence-electron chi connectivity index (χ1n) is 7.73. The van der Waals surface area contributed by atoms with E-state index in [0.29, 0.717) is 17.7 Å². The van der Waals surface area contributed by atoms with Gasteiger partial charge in [0, 0.05) is 12.0 Å². The monoisotopic (exact) mass is 327 g/mol. The zero-order valence-electron chi connectivity index (χ0n) is 13.8. The van der Waals surface area contributed by atoms with Gasteiger partial charge < -0.3 is 15.2 Å². The Labute approximate surface area is 141 Å². The number of hydrogen-bond acceptors (Lipinski definition) is 3. The highest BCUT2D eigenvalue weighted by atomic mass is 16.5. The molecule has 5 nitrogen and oxygen atoms in total. The van der Waals surface area contributed by atoms with Crippen LogP contribution in [0.3, 0.4) is 0 Å². The second-order valence-electron chi connectivity index (χ2n) is 5.55. The summed E-state index contributed by atoms with van der Waals surface area (Å²) < 4.78 is 5.15. The van der Waals surface area contributed by atoms with Crippen LogP contribution in [-0.4, -0.2) is 24.1 Å². The summed E-state index contributed by atoms with van der Waals surface area (Å²) in [6, 6.07) is 14.3. The van der Waals surface area contributed by atoms with Gasteiger partial charge >= 0.3 is 5.97 Å².